The maximum atomic E-state index is 10.7. The second-order valence-corrected chi connectivity index (χ2v) is 4.85. The summed E-state index contributed by atoms with van der Waals surface area (Å²) in [5, 5.41) is 10.7. The van der Waals surface area contributed by atoms with Crippen LogP contribution in [0.4, 0.5) is 0 Å². The maximum absolute atomic E-state index is 10.7. The SMILES string of the molecule is CCC(O)(C1=CCCO1)c1cccc(Br)c1. The van der Waals surface area contributed by atoms with Crippen molar-refractivity contribution in [2.45, 2.75) is 25.4 Å². The fourth-order valence-electron chi connectivity index (χ4n) is 1.97. The Bertz CT molecular complexity index is 414. The van der Waals surface area contributed by atoms with Crippen LogP contribution in [0.15, 0.2) is 40.6 Å². The summed E-state index contributed by atoms with van der Waals surface area (Å²) in [5.74, 6) is 0.688. The number of hydrogen-bond donors (Lipinski definition) is 1. The van der Waals surface area contributed by atoms with Crippen LogP contribution in [0, 0.1) is 0 Å². The highest BCUT2D eigenvalue weighted by Gasteiger charge is 2.35. The number of halogens is 1. The Balaban J connectivity index is 2.41. The van der Waals surface area contributed by atoms with Gasteiger partial charge < -0.3 is 9.84 Å². The number of aliphatic hydroxyl groups is 1. The van der Waals surface area contributed by atoms with Crippen LogP contribution in [-0.4, -0.2) is 11.7 Å². The van der Waals surface area contributed by atoms with Gasteiger partial charge in [-0.2, -0.15) is 0 Å². The molecule has 1 heterocycles. The lowest BCUT2D eigenvalue weighted by atomic mass is 9.89. The van der Waals surface area contributed by atoms with Crippen molar-refractivity contribution in [2.24, 2.45) is 0 Å². The van der Waals surface area contributed by atoms with Crippen LogP contribution in [0.1, 0.15) is 25.3 Å². The van der Waals surface area contributed by atoms with Crippen LogP contribution in [-0.2, 0) is 10.3 Å². The van der Waals surface area contributed by atoms with Gasteiger partial charge in [-0.05, 0) is 30.2 Å². The summed E-state index contributed by atoms with van der Waals surface area (Å²) >= 11 is 3.42. The fraction of sp³-hybridized carbons (Fsp3) is 0.385. The molecule has 0 saturated carbocycles. The zero-order chi connectivity index (χ0) is 11.6. The first-order valence-electron chi connectivity index (χ1n) is 5.48. The molecule has 0 radical (unpaired) electrons. The molecule has 86 valence electrons. The van der Waals surface area contributed by atoms with E-state index in [1.807, 2.05) is 37.3 Å². The molecule has 0 bridgehead atoms. The Morgan fingerprint density at radius 3 is 2.88 bits per heavy atom. The smallest absolute Gasteiger partial charge is 0.146 e. The molecule has 0 aliphatic carbocycles. The van der Waals surface area contributed by atoms with Gasteiger partial charge in [0.25, 0.3) is 0 Å². The third kappa shape index (κ3) is 2.02. The molecule has 1 aliphatic heterocycles. The fourth-order valence-corrected chi connectivity index (χ4v) is 2.37. The largest absolute Gasteiger partial charge is 0.494 e. The normalized spacial score (nSPS) is 18.8. The van der Waals surface area contributed by atoms with Gasteiger partial charge in [-0.25, -0.2) is 0 Å². The highest BCUT2D eigenvalue weighted by atomic mass is 79.9. The van der Waals surface area contributed by atoms with Crippen LogP contribution in [0.2, 0.25) is 0 Å². The van der Waals surface area contributed by atoms with E-state index in [9.17, 15) is 5.11 Å². The van der Waals surface area contributed by atoms with Crippen molar-refractivity contribution in [2.75, 3.05) is 6.61 Å². The second kappa shape index (κ2) is 4.60. The second-order valence-electron chi connectivity index (χ2n) is 3.93. The summed E-state index contributed by atoms with van der Waals surface area (Å²) in [7, 11) is 0. The van der Waals surface area contributed by atoms with E-state index >= 15 is 0 Å². The van der Waals surface area contributed by atoms with Gasteiger partial charge in [-0.15, -0.1) is 0 Å². The number of ether oxygens (including phenoxy) is 1. The third-order valence-corrected chi connectivity index (χ3v) is 3.42. The molecule has 0 amide bonds. The molecule has 1 atom stereocenters. The zero-order valence-electron chi connectivity index (χ0n) is 9.24. The van der Waals surface area contributed by atoms with Crippen molar-refractivity contribution < 1.29 is 9.84 Å². The van der Waals surface area contributed by atoms with Gasteiger partial charge in [0.2, 0.25) is 0 Å². The molecule has 0 fully saturated rings. The average molecular weight is 283 g/mol. The van der Waals surface area contributed by atoms with E-state index in [0.717, 1.165) is 16.5 Å². The van der Waals surface area contributed by atoms with Gasteiger partial charge in [-0.3, -0.25) is 0 Å². The lowest BCUT2D eigenvalue weighted by Crippen LogP contribution is -2.27. The molecule has 0 saturated heterocycles. The van der Waals surface area contributed by atoms with E-state index in [1.54, 1.807) is 0 Å². The van der Waals surface area contributed by atoms with Crippen molar-refractivity contribution in [3.8, 4) is 0 Å². The molecule has 2 nitrogen and oxygen atoms in total. The Labute approximate surface area is 104 Å². The molecule has 3 heteroatoms. The summed E-state index contributed by atoms with van der Waals surface area (Å²) in [4.78, 5) is 0. The highest BCUT2D eigenvalue weighted by molar-refractivity contribution is 9.10. The predicted octanol–water partition coefficient (Wildman–Crippen LogP) is 3.35. The van der Waals surface area contributed by atoms with E-state index < -0.39 is 5.60 Å². The summed E-state index contributed by atoms with van der Waals surface area (Å²) in [6.07, 6.45) is 3.46. The van der Waals surface area contributed by atoms with E-state index in [-0.39, 0.29) is 0 Å². The standard InChI is InChI=1S/C13H15BrO2/c1-2-13(15,12-7-4-8-16-12)10-5-3-6-11(14)9-10/h3,5-7,9,15H,2,4,8H2,1H3. The summed E-state index contributed by atoms with van der Waals surface area (Å²) < 4.78 is 6.47. The van der Waals surface area contributed by atoms with Crippen molar-refractivity contribution in [3.05, 3.63) is 46.1 Å². The molecule has 1 N–H and O–H groups in total. The van der Waals surface area contributed by atoms with Crippen molar-refractivity contribution in [1.29, 1.82) is 0 Å². The van der Waals surface area contributed by atoms with E-state index in [1.165, 1.54) is 0 Å². The Hall–Kier alpha value is -0.800. The van der Waals surface area contributed by atoms with Gasteiger partial charge in [0.1, 0.15) is 11.4 Å². The van der Waals surface area contributed by atoms with Crippen LogP contribution >= 0.6 is 15.9 Å². The number of hydrogen-bond acceptors (Lipinski definition) is 2. The van der Waals surface area contributed by atoms with Crippen LogP contribution in [0.3, 0.4) is 0 Å². The number of benzene rings is 1. The first-order valence-corrected chi connectivity index (χ1v) is 6.28. The highest BCUT2D eigenvalue weighted by Crippen LogP contribution is 2.36. The third-order valence-electron chi connectivity index (χ3n) is 2.93. The monoisotopic (exact) mass is 282 g/mol. The predicted molar refractivity (Wildman–Crippen MR) is 67.0 cm³/mol. The minimum absolute atomic E-state index is 0.606. The minimum atomic E-state index is -0.986. The van der Waals surface area contributed by atoms with Gasteiger partial charge >= 0.3 is 0 Å². The van der Waals surface area contributed by atoms with Gasteiger partial charge in [0, 0.05) is 10.9 Å². The molecule has 1 unspecified atom stereocenters. The van der Waals surface area contributed by atoms with Crippen LogP contribution < -0.4 is 0 Å². The molecule has 0 spiro atoms. The lowest BCUT2D eigenvalue weighted by molar-refractivity contribution is 0.0122. The molecular weight excluding hydrogens is 268 g/mol. The molecule has 0 aromatic heterocycles. The van der Waals surface area contributed by atoms with Gasteiger partial charge in [-0.1, -0.05) is 35.0 Å². The quantitative estimate of drug-likeness (QED) is 0.921. The zero-order valence-corrected chi connectivity index (χ0v) is 10.8. The summed E-state index contributed by atoms with van der Waals surface area (Å²) in [5.41, 5.74) is -0.113. The molecular formula is C13H15BrO2. The molecule has 16 heavy (non-hydrogen) atoms. The first-order chi connectivity index (χ1) is 7.66. The maximum Gasteiger partial charge on any atom is 0.146 e. The summed E-state index contributed by atoms with van der Waals surface area (Å²) in [6, 6.07) is 7.74. The Morgan fingerprint density at radius 1 is 1.50 bits per heavy atom. The summed E-state index contributed by atoms with van der Waals surface area (Å²) in [6.45, 7) is 2.63. The Kier molecular flexibility index (Phi) is 3.36. The topological polar surface area (TPSA) is 29.5 Å². The Morgan fingerprint density at radius 2 is 2.31 bits per heavy atom. The van der Waals surface area contributed by atoms with Crippen LogP contribution in [0.25, 0.3) is 0 Å². The molecule has 2 rings (SSSR count). The molecule has 1 aromatic carbocycles. The van der Waals surface area contributed by atoms with E-state index in [2.05, 4.69) is 15.9 Å². The van der Waals surface area contributed by atoms with E-state index in [0.29, 0.717) is 18.8 Å². The minimum Gasteiger partial charge on any atom is -0.494 e. The van der Waals surface area contributed by atoms with Gasteiger partial charge in [0.05, 0.1) is 6.61 Å². The molecule has 1 aromatic rings. The van der Waals surface area contributed by atoms with E-state index in [4.69, 9.17) is 4.74 Å². The van der Waals surface area contributed by atoms with Crippen molar-refractivity contribution >= 4 is 15.9 Å². The van der Waals surface area contributed by atoms with Crippen molar-refractivity contribution in [1.82, 2.24) is 0 Å². The average Bonchev–Trinajstić information content (AvgIpc) is 2.82. The van der Waals surface area contributed by atoms with Gasteiger partial charge in [0.15, 0.2) is 0 Å². The molecule has 1 aliphatic rings. The lowest BCUT2D eigenvalue weighted by Gasteiger charge is -2.28. The number of rotatable bonds is 3. The first kappa shape index (κ1) is 11.7. The van der Waals surface area contributed by atoms with Crippen LogP contribution in [0.5, 0.6) is 0 Å². The van der Waals surface area contributed by atoms with Crippen molar-refractivity contribution in [3.63, 3.8) is 0 Å².